The first-order chi connectivity index (χ1) is 7.66. The van der Waals surface area contributed by atoms with Crippen molar-refractivity contribution in [1.82, 2.24) is 5.32 Å². The summed E-state index contributed by atoms with van der Waals surface area (Å²) in [6.07, 6.45) is 5.88. The van der Waals surface area contributed by atoms with E-state index in [4.69, 9.17) is 4.74 Å². The van der Waals surface area contributed by atoms with Gasteiger partial charge < -0.3 is 15.2 Å². The predicted molar refractivity (Wildman–Crippen MR) is 68.7 cm³/mol. The molecule has 0 rings (SSSR count). The Hall–Kier alpha value is -0.120. The number of aliphatic hydroxyl groups is 1. The number of rotatable bonds is 11. The first-order valence-corrected chi connectivity index (χ1v) is 6.66. The average molecular weight is 231 g/mol. The van der Waals surface area contributed by atoms with Crippen LogP contribution in [0.15, 0.2) is 0 Å². The van der Waals surface area contributed by atoms with Gasteiger partial charge in [-0.25, -0.2) is 0 Å². The summed E-state index contributed by atoms with van der Waals surface area (Å²) in [6, 6.07) is 0.420. The number of unbranched alkanes of at least 4 members (excludes halogenated alkanes) is 4. The van der Waals surface area contributed by atoms with Crippen LogP contribution in [0.5, 0.6) is 0 Å². The molecule has 16 heavy (non-hydrogen) atoms. The highest BCUT2D eigenvalue weighted by molar-refractivity contribution is 4.60. The molecule has 0 aliphatic carbocycles. The summed E-state index contributed by atoms with van der Waals surface area (Å²) >= 11 is 0. The third kappa shape index (κ3) is 12.0. The molecule has 0 heterocycles. The van der Waals surface area contributed by atoms with Gasteiger partial charge in [-0.2, -0.15) is 0 Å². The second-order valence-electron chi connectivity index (χ2n) is 4.71. The van der Waals surface area contributed by atoms with E-state index in [9.17, 15) is 5.11 Å². The zero-order valence-electron chi connectivity index (χ0n) is 11.2. The van der Waals surface area contributed by atoms with E-state index in [0.717, 1.165) is 13.0 Å². The Morgan fingerprint density at radius 3 is 2.44 bits per heavy atom. The second kappa shape index (κ2) is 11.4. The van der Waals surface area contributed by atoms with Crippen molar-refractivity contribution in [3.8, 4) is 0 Å². The van der Waals surface area contributed by atoms with Crippen molar-refractivity contribution in [2.45, 2.75) is 65.0 Å². The molecule has 3 nitrogen and oxygen atoms in total. The van der Waals surface area contributed by atoms with Crippen molar-refractivity contribution >= 4 is 0 Å². The molecule has 0 aromatic carbocycles. The van der Waals surface area contributed by atoms with Crippen molar-refractivity contribution in [3.05, 3.63) is 0 Å². The molecule has 0 amide bonds. The lowest BCUT2D eigenvalue weighted by Crippen LogP contribution is -2.34. The molecule has 0 aliphatic rings. The minimum Gasteiger partial charge on any atom is -0.389 e. The average Bonchev–Trinajstić information content (AvgIpc) is 2.25. The van der Waals surface area contributed by atoms with E-state index in [1.807, 2.05) is 0 Å². The number of ether oxygens (including phenoxy) is 1. The van der Waals surface area contributed by atoms with Crippen molar-refractivity contribution in [2.24, 2.45) is 0 Å². The zero-order chi connectivity index (χ0) is 12.2. The maximum Gasteiger partial charge on any atom is 0.0897 e. The fraction of sp³-hybridized carbons (Fsp3) is 1.00. The third-order valence-electron chi connectivity index (χ3n) is 2.46. The third-order valence-corrected chi connectivity index (χ3v) is 2.46. The molecule has 0 aliphatic heterocycles. The molecule has 2 N–H and O–H groups in total. The minimum absolute atomic E-state index is 0.377. The van der Waals surface area contributed by atoms with E-state index in [1.165, 1.54) is 25.7 Å². The molecule has 0 spiro atoms. The molecule has 3 heteroatoms. The van der Waals surface area contributed by atoms with Gasteiger partial charge in [-0.05, 0) is 6.42 Å². The summed E-state index contributed by atoms with van der Waals surface area (Å²) in [4.78, 5) is 0. The van der Waals surface area contributed by atoms with Gasteiger partial charge in [0.15, 0.2) is 0 Å². The highest BCUT2D eigenvalue weighted by Gasteiger charge is 2.04. The van der Waals surface area contributed by atoms with Crippen LogP contribution in [0.4, 0.5) is 0 Å². The molecule has 0 saturated carbocycles. The largest absolute Gasteiger partial charge is 0.389 e. The molecule has 0 saturated heterocycles. The molecule has 0 fully saturated rings. The highest BCUT2D eigenvalue weighted by atomic mass is 16.5. The van der Waals surface area contributed by atoms with Gasteiger partial charge in [0.2, 0.25) is 0 Å². The minimum atomic E-state index is -0.377. The van der Waals surface area contributed by atoms with Gasteiger partial charge >= 0.3 is 0 Å². The Morgan fingerprint density at radius 2 is 1.81 bits per heavy atom. The Labute approximate surface area is 101 Å². The Morgan fingerprint density at radius 1 is 1.12 bits per heavy atom. The van der Waals surface area contributed by atoms with Crippen LogP contribution >= 0.6 is 0 Å². The first-order valence-electron chi connectivity index (χ1n) is 6.66. The maximum atomic E-state index is 9.55. The topological polar surface area (TPSA) is 41.5 Å². The van der Waals surface area contributed by atoms with Crippen LogP contribution in [-0.4, -0.2) is 37.0 Å². The lowest BCUT2D eigenvalue weighted by atomic mass is 10.2. The predicted octanol–water partition coefficient (Wildman–Crippen LogP) is 2.33. The van der Waals surface area contributed by atoms with Crippen LogP contribution in [0.1, 0.15) is 52.9 Å². The molecule has 0 aromatic heterocycles. The van der Waals surface area contributed by atoms with Gasteiger partial charge in [-0.3, -0.25) is 0 Å². The molecular weight excluding hydrogens is 202 g/mol. The SMILES string of the molecule is CCCCCCCOCC(O)CNC(C)C. The molecule has 0 radical (unpaired) electrons. The van der Waals surface area contributed by atoms with Gasteiger partial charge in [0, 0.05) is 19.2 Å². The van der Waals surface area contributed by atoms with E-state index in [1.54, 1.807) is 0 Å². The highest BCUT2D eigenvalue weighted by Crippen LogP contribution is 2.02. The first kappa shape index (κ1) is 15.9. The summed E-state index contributed by atoms with van der Waals surface area (Å²) in [7, 11) is 0. The molecule has 0 aromatic rings. The summed E-state index contributed by atoms with van der Waals surface area (Å²) < 4.78 is 5.42. The number of nitrogens with one attached hydrogen (secondary N) is 1. The van der Waals surface area contributed by atoms with Crippen LogP contribution in [-0.2, 0) is 4.74 Å². The molecule has 98 valence electrons. The number of aliphatic hydroxyl groups excluding tert-OH is 1. The van der Waals surface area contributed by atoms with E-state index in [2.05, 4.69) is 26.1 Å². The van der Waals surface area contributed by atoms with Gasteiger partial charge in [0.1, 0.15) is 0 Å². The van der Waals surface area contributed by atoms with Crippen LogP contribution in [0.3, 0.4) is 0 Å². The van der Waals surface area contributed by atoms with Crippen LogP contribution in [0.25, 0.3) is 0 Å². The lowest BCUT2D eigenvalue weighted by molar-refractivity contribution is 0.0346. The lowest BCUT2D eigenvalue weighted by Gasteiger charge is -2.14. The fourth-order valence-corrected chi connectivity index (χ4v) is 1.46. The maximum absolute atomic E-state index is 9.55. The normalized spacial score (nSPS) is 13.3. The summed E-state index contributed by atoms with van der Waals surface area (Å²) in [5.74, 6) is 0. The summed E-state index contributed by atoms with van der Waals surface area (Å²) in [5, 5.41) is 12.7. The fourth-order valence-electron chi connectivity index (χ4n) is 1.46. The second-order valence-corrected chi connectivity index (χ2v) is 4.71. The van der Waals surface area contributed by atoms with Crippen molar-refractivity contribution in [2.75, 3.05) is 19.8 Å². The number of hydrogen-bond acceptors (Lipinski definition) is 3. The van der Waals surface area contributed by atoms with E-state index < -0.39 is 0 Å². The molecule has 0 bridgehead atoms. The Kier molecular flexibility index (Phi) is 11.3. The number of hydrogen-bond donors (Lipinski definition) is 2. The van der Waals surface area contributed by atoms with Crippen LogP contribution in [0, 0.1) is 0 Å². The van der Waals surface area contributed by atoms with Gasteiger partial charge in [0.05, 0.1) is 12.7 Å². The Balaban J connectivity index is 3.12. The summed E-state index contributed by atoms with van der Waals surface area (Å²) in [5.41, 5.74) is 0. The van der Waals surface area contributed by atoms with Crippen molar-refractivity contribution in [1.29, 1.82) is 0 Å². The monoisotopic (exact) mass is 231 g/mol. The summed E-state index contributed by atoms with van der Waals surface area (Å²) in [6.45, 7) is 8.21. The molecular formula is C13H29NO2. The molecule has 1 atom stereocenters. The zero-order valence-corrected chi connectivity index (χ0v) is 11.2. The van der Waals surface area contributed by atoms with Crippen LogP contribution < -0.4 is 5.32 Å². The quantitative estimate of drug-likeness (QED) is 0.536. The van der Waals surface area contributed by atoms with Gasteiger partial charge in [0.25, 0.3) is 0 Å². The van der Waals surface area contributed by atoms with Crippen molar-refractivity contribution in [3.63, 3.8) is 0 Å². The van der Waals surface area contributed by atoms with E-state index >= 15 is 0 Å². The van der Waals surface area contributed by atoms with E-state index in [-0.39, 0.29) is 6.10 Å². The standard InChI is InChI=1S/C13H29NO2/c1-4-5-6-7-8-9-16-11-13(15)10-14-12(2)3/h12-15H,4-11H2,1-3H3. The van der Waals surface area contributed by atoms with Gasteiger partial charge in [-0.1, -0.05) is 46.5 Å². The van der Waals surface area contributed by atoms with Crippen molar-refractivity contribution < 1.29 is 9.84 Å². The Bertz CT molecular complexity index is 140. The van der Waals surface area contributed by atoms with E-state index in [0.29, 0.717) is 19.2 Å². The smallest absolute Gasteiger partial charge is 0.0897 e. The van der Waals surface area contributed by atoms with Gasteiger partial charge in [-0.15, -0.1) is 0 Å². The molecule has 1 unspecified atom stereocenters. The van der Waals surface area contributed by atoms with Crippen LogP contribution in [0.2, 0.25) is 0 Å².